The van der Waals surface area contributed by atoms with E-state index in [4.69, 9.17) is 14.2 Å². The van der Waals surface area contributed by atoms with Crippen LogP contribution in [0.4, 0.5) is 0 Å². The summed E-state index contributed by atoms with van der Waals surface area (Å²) in [6, 6.07) is 0. The van der Waals surface area contributed by atoms with Gasteiger partial charge in [-0.05, 0) is 44.9 Å². The van der Waals surface area contributed by atoms with Gasteiger partial charge in [-0.3, -0.25) is 14.4 Å². The third kappa shape index (κ3) is 49.2. The largest absolute Gasteiger partial charge is 0.462 e. The Balaban J connectivity index is 3.96. The van der Waals surface area contributed by atoms with Crippen LogP contribution in [0, 0.1) is 0 Å². The van der Waals surface area contributed by atoms with Gasteiger partial charge in [0.25, 0.3) is 0 Å². The van der Waals surface area contributed by atoms with Crippen LogP contribution in [0.15, 0.2) is 12.2 Å². The quantitative estimate of drug-likeness (QED) is 0.0262. The van der Waals surface area contributed by atoms with E-state index in [2.05, 4.69) is 32.9 Å². The molecule has 0 aromatic heterocycles. The van der Waals surface area contributed by atoms with Crippen LogP contribution < -0.4 is 0 Å². The second kappa shape index (κ2) is 51.8. The number of allylic oxidation sites excluding steroid dienone is 2. The lowest BCUT2D eigenvalue weighted by atomic mass is 10.0. The summed E-state index contributed by atoms with van der Waals surface area (Å²) in [7, 11) is 0. The average Bonchev–Trinajstić information content (AvgIpc) is 3.27. The summed E-state index contributed by atoms with van der Waals surface area (Å²) in [6.45, 7) is 6.57. The Morgan fingerprint density at radius 3 is 0.823 bits per heavy atom. The molecule has 0 aliphatic carbocycles. The molecule has 1 unspecified atom stereocenters. The van der Waals surface area contributed by atoms with Crippen LogP contribution >= 0.6 is 0 Å². The average molecular weight is 875 g/mol. The van der Waals surface area contributed by atoms with Crippen LogP contribution in [0.25, 0.3) is 0 Å². The molecule has 366 valence electrons. The molecular formula is C56H106O6. The van der Waals surface area contributed by atoms with Gasteiger partial charge >= 0.3 is 17.9 Å². The van der Waals surface area contributed by atoms with Crippen LogP contribution in [0.3, 0.4) is 0 Å². The van der Waals surface area contributed by atoms with E-state index in [1.54, 1.807) is 0 Å². The van der Waals surface area contributed by atoms with Crippen molar-refractivity contribution in [3.8, 4) is 0 Å². The van der Waals surface area contributed by atoms with E-state index in [0.717, 1.165) is 70.6 Å². The summed E-state index contributed by atoms with van der Waals surface area (Å²) in [5.41, 5.74) is 0. The topological polar surface area (TPSA) is 78.9 Å². The Bertz CT molecular complexity index is 962. The van der Waals surface area contributed by atoms with Crippen molar-refractivity contribution in [2.45, 2.75) is 316 Å². The van der Waals surface area contributed by atoms with E-state index in [1.807, 2.05) is 0 Å². The normalized spacial score (nSPS) is 12.0. The molecule has 62 heavy (non-hydrogen) atoms. The van der Waals surface area contributed by atoms with E-state index < -0.39 is 6.10 Å². The molecule has 0 fully saturated rings. The third-order valence-corrected chi connectivity index (χ3v) is 12.5. The molecule has 0 N–H and O–H groups in total. The molecule has 0 aliphatic heterocycles. The maximum atomic E-state index is 12.7. The van der Waals surface area contributed by atoms with Crippen LogP contribution in [0.5, 0.6) is 0 Å². The molecule has 0 rings (SSSR count). The number of ether oxygens (including phenoxy) is 3. The van der Waals surface area contributed by atoms with Crippen LogP contribution in [-0.2, 0) is 28.6 Å². The number of unbranched alkanes of at least 4 members (excludes halogenated alkanes) is 38. The first-order valence-corrected chi connectivity index (χ1v) is 27.7. The maximum absolute atomic E-state index is 12.7. The minimum Gasteiger partial charge on any atom is -0.462 e. The highest BCUT2D eigenvalue weighted by Crippen LogP contribution is 2.17. The Labute approximate surface area is 386 Å². The van der Waals surface area contributed by atoms with Gasteiger partial charge in [0, 0.05) is 19.3 Å². The molecule has 0 aromatic rings. The Morgan fingerprint density at radius 1 is 0.306 bits per heavy atom. The monoisotopic (exact) mass is 875 g/mol. The summed E-state index contributed by atoms with van der Waals surface area (Å²) < 4.78 is 16.7. The summed E-state index contributed by atoms with van der Waals surface area (Å²) in [6.07, 6.45) is 58.3. The molecule has 0 aliphatic rings. The van der Waals surface area contributed by atoms with Crippen molar-refractivity contribution in [3.05, 3.63) is 12.2 Å². The first-order chi connectivity index (χ1) is 30.5. The van der Waals surface area contributed by atoms with Gasteiger partial charge in [-0.2, -0.15) is 0 Å². The zero-order valence-electron chi connectivity index (χ0n) is 41.9. The lowest BCUT2D eigenvalue weighted by Gasteiger charge is -2.18. The molecular weight excluding hydrogens is 769 g/mol. The van der Waals surface area contributed by atoms with Crippen LogP contribution in [0.2, 0.25) is 0 Å². The van der Waals surface area contributed by atoms with Gasteiger partial charge in [0.15, 0.2) is 6.10 Å². The molecule has 0 radical (unpaired) electrons. The molecule has 0 spiro atoms. The fraction of sp³-hybridized carbons (Fsp3) is 0.911. The lowest BCUT2D eigenvalue weighted by molar-refractivity contribution is -0.167. The van der Waals surface area contributed by atoms with E-state index in [9.17, 15) is 14.4 Å². The molecule has 0 saturated carbocycles. The first-order valence-electron chi connectivity index (χ1n) is 27.7. The highest BCUT2D eigenvalue weighted by atomic mass is 16.6. The minimum atomic E-state index is -0.766. The molecule has 0 saturated heterocycles. The van der Waals surface area contributed by atoms with Crippen molar-refractivity contribution in [1.82, 2.24) is 0 Å². The molecule has 0 heterocycles. The lowest BCUT2D eigenvalue weighted by Crippen LogP contribution is -2.30. The van der Waals surface area contributed by atoms with Crippen molar-refractivity contribution >= 4 is 17.9 Å². The number of hydrogen-bond donors (Lipinski definition) is 0. The van der Waals surface area contributed by atoms with Crippen molar-refractivity contribution < 1.29 is 28.6 Å². The molecule has 6 heteroatoms. The molecule has 0 amide bonds. The fourth-order valence-electron chi connectivity index (χ4n) is 8.32. The van der Waals surface area contributed by atoms with Crippen LogP contribution in [0.1, 0.15) is 310 Å². The van der Waals surface area contributed by atoms with E-state index in [-0.39, 0.29) is 31.1 Å². The molecule has 6 nitrogen and oxygen atoms in total. The zero-order valence-corrected chi connectivity index (χ0v) is 41.9. The minimum absolute atomic E-state index is 0.0695. The van der Waals surface area contributed by atoms with E-state index in [1.165, 1.54) is 199 Å². The fourth-order valence-corrected chi connectivity index (χ4v) is 8.32. The Hall–Kier alpha value is -1.85. The second-order valence-corrected chi connectivity index (χ2v) is 18.9. The predicted octanol–water partition coefficient (Wildman–Crippen LogP) is 18.2. The molecule has 1 atom stereocenters. The van der Waals surface area contributed by atoms with Gasteiger partial charge in [-0.25, -0.2) is 0 Å². The van der Waals surface area contributed by atoms with E-state index >= 15 is 0 Å². The van der Waals surface area contributed by atoms with Gasteiger partial charge in [0.05, 0.1) is 0 Å². The van der Waals surface area contributed by atoms with Crippen molar-refractivity contribution in [1.29, 1.82) is 0 Å². The zero-order chi connectivity index (χ0) is 45.1. The van der Waals surface area contributed by atoms with Gasteiger partial charge in [0.2, 0.25) is 0 Å². The summed E-state index contributed by atoms with van der Waals surface area (Å²) in [5.74, 6) is -0.877. The van der Waals surface area contributed by atoms with E-state index in [0.29, 0.717) is 19.3 Å². The number of carbonyl (C=O) groups excluding carboxylic acids is 3. The number of esters is 3. The van der Waals surface area contributed by atoms with Gasteiger partial charge in [0.1, 0.15) is 13.2 Å². The smallest absolute Gasteiger partial charge is 0.306 e. The highest BCUT2D eigenvalue weighted by Gasteiger charge is 2.19. The maximum Gasteiger partial charge on any atom is 0.306 e. The van der Waals surface area contributed by atoms with Gasteiger partial charge in [-0.15, -0.1) is 0 Å². The van der Waals surface area contributed by atoms with Crippen LogP contribution in [-0.4, -0.2) is 37.2 Å². The summed E-state index contributed by atoms with van der Waals surface area (Å²) in [5, 5.41) is 0. The summed E-state index contributed by atoms with van der Waals surface area (Å²) in [4.78, 5) is 37.6. The van der Waals surface area contributed by atoms with Crippen molar-refractivity contribution in [2.75, 3.05) is 13.2 Å². The Morgan fingerprint density at radius 2 is 0.532 bits per heavy atom. The molecule has 0 aromatic carbocycles. The standard InChI is InChI=1S/C56H106O6/c1-4-7-10-13-15-17-19-21-22-23-24-25-26-27-28-29-30-31-32-33-35-36-38-40-43-46-49-55(58)61-52-53(51-60-54(57)48-45-42-12-9-6-3)62-56(59)50-47-44-41-39-37-34-20-18-16-14-11-8-5-2/h18,20,53H,4-17,19,21-52H2,1-3H3/b20-18-. The number of rotatable bonds is 51. The Kier molecular flexibility index (Phi) is 50.2. The van der Waals surface area contributed by atoms with Crippen molar-refractivity contribution in [2.24, 2.45) is 0 Å². The first kappa shape index (κ1) is 60.2. The van der Waals surface area contributed by atoms with Gasteiger partial charge < -0.3 is 14.2 Å². The number of carbonyl (C=O) groups is 3. The SMILES string of the molecule is CCCCCC/C=C\CCCCCCCC(=O)OC(COC(=O)CCCCCCC)COC(=O)CCCCCCCCCCCCCCCCCCCCCCCCCCCC. The summed E-state index contributed by atoms with van der Waals surface area (Å²) >= 11 is 0. The second-order valence-electron chi connectivity index (χ2n) is 18.9. The van der Waals surface area contributed by atoms with Crippen molar-refractivity contribution in [3.63, 3.8) is 0 Å². The number of hydrogen-bond acceptors (Lipinski definition) is 6. The molecule has 0 bridgehead atoms. The predicted molar refractivity (Wildman–Crippen MR) is 266 cm³/mol. The van der Waals surface area contributed by atoms with Gasteiger partial charge in [-0.1, -0.05) is 258 Å². The highest BCUT2D eigenvalue weighted by molar-refractivity contribution is 5.71. The third-order valence-electron chi connectivity index (χ3n) is 12.5.